The van der Waals surface area contributed by atoms with E-state index in [0.717, 1.165) is 40.4 Å². The summed E-state index contributed by atoms with van der Waals surface area (Å²) in [7, 11) is 0. The third-order valence-electron chi connectivity index (χ3n) is 4.91. The lowest BCUT2D eigenvalue weighted by Gasteiger charge is -2.19. The van der Waals surface area contributed by atoms with Crippen molar-refractivity contribution in [3.63, 3.8) is 0 Å². The molecular weight excluding hydrogens is 340 g/mol. The van der Waals surface area contributed by atoms with Crippen LogP contribution in [0.5, 0.6) is 0 Å². The van der Waals surface area contributed by atoms with Gasteiger partial charge in [0.25, 0.3) is 0 Å². The fourth-order valence-electron chi connectivity index (χ4n) is 3.60. The Hall–Kier alpha value is -2.58. The smallest absolute Gasteiger partial charge is 0.0540 e. The molecule has 130 valence electrons. The Morgan fingerprint density at radius 3 is 2.19 bits per heavy atom. The molecule has 3 heteroatoms. The second-order valence-electron chi connectivity index (χ2n) is 6.70. The lowest BCUT2D eigenvalue weighted by molar-refractivity contribution is 0.949. The minimum atomic E-state index is 0.517. The minimum Gasteiger partial charge on any atom is -0.372 e. The summed E-state index contributed by atoms with van der Waals surface area (Å²) in [6, 6.07) is 16.8. The van der Waals surface area contributed by atoms with Crippen molar-refractivity contribution in [3.05, 3.63) is 94.6 Å². The highest BCUT2D eigenvalue weighted by molar-refractivity contribution is 6.30. The van der Waals surface area contributed by atoms with Gasteiger partial charge < -0.3 is 10.3 Å². The van der Waals surface area contributed by atoms with Gasteiger partial charge in [-0.15, -0.1) is 0 Å². The zero-order valence-electron chi connectivity index (χ0n) is 14.6. The van der Waals surface area contributed by atoms with Crippen LogP contribution in [0.3, 0.4) is 0 Å². The largest absolute Gasteiger partial charge is 0.372 e. The van der Waals surface area contributed by atoms with Crippen LogP contribution < -0.4 is 4.90 Å². The number of nitrogens with zero attached hydrogens (tertiary/aromatic N) is 1. The van der Waals surface area contributed by atoms with Gasteiger partial charge in [0.15, 0.2) is 0 Å². The molecular formula is C23H21ClN2. The van der Waals surface area contributed by atoms with Crippen LogP contribution in [0.15, 0.2) is 78.4 Å². The van der Waals surface area contributed by atoms with Crippen LogP contribution in [0.1, 0.15) is 24.0 Å². The summed E-state index contributed by atoms with van der Waals surface area (Å²) in [4.78, 5) is 2.44. The van der Waals surface area contributed by atoms with Crippen LogP contribution in [0.2, 0.25) is 5.02 Å². The average Bonchev–Trinajstić information content (AvgIpc) is 3.19. The van der Waals surface area contributed by atoms with Gasteiger partial charge in [0.2, 0.25) is 0 Å². The monoisotopic (exact) mass is 360 g/mol. The van der Waals surface area contributed by atoms with Crippen molar-refractivity contribution in [2.75, 3.05) is 18.0 Å². The van der Waals surface area contributed by atoms with Crippen LogP contribution in [0, 0.1) is 5.41 Å². The van der Waals surface area contributed by atoms with E-state index in [1.54, 1.807) is 0 Å². The molecule has 1 aliphatic heterocycles. The lowest BCUT2D eigenvalue weighted by atomic mass is 9.91. The Bertz CT molecular complexity index is 895. The summed E-state index contributed by atoms with van der Waals surface area (Å²) in [5, 5.41) is 8.49. The molecule has 0 amide bonds. The molecule has 26 heavy (non-hydrogen) atoms. The maximum atomic E-state index is 7.76. The van der Waals surface area contributed by atoms with Crippen molar-refractivity contribution in [3.8, 4) is 0 Å². The van der Waals surface area contributed by atoms with E-state index in [2.05, 4.69) is 35.2 Å². The predicted octanol–water partition coefficient (Wildman–Crippen LogP) is 5.89. The summed E-state index contributed by atoms with van der Waals surface area (Å²) >= 11 is 6.25. The first kappa shape index (κ1) is 16.9. The van der Waals surface area contributed by atoms with Crippen LogP contribution in [0.4, 0.5) is 5.69 Å². The number of halogens is 1. The zero-order chi connectivity index (χ0) is 17.9. The molecule has 2 aromatic rings. The minimum absolute atomic E-state index is 0.517. The molecule has 1 fully saturated rings. The van der Waals surface area contributed by atoms with E-state index >= 15 is 0 Å². The van der Waals surface area contributed by atoms with E-state index in [1.165, 1.54) is 18.5 Å². The molecule has 2 aromatic carbocycles. The lowest BCUT2D eigenvalue weighted by Crippen LogP contribution is -2.17. The summed E-state index contributed by atoms with van der Waals surface area (Å²) in [6.45, 7) is 2.30. The number of allylic oxidation sites excluding steroid dienone is 5. The molecule has 2 nitrogen and oxygen atoms in total. The van der Waals surface area contributed by atoms with Crippen LogP contribution >= 0.6 is 11.6 Å². The summed E-state index contributed by atoms with van der Waals surface area (Å²) in [5.41, 5.74) is 6.29. The Kier molecular flexibility index (Phi) is 4.77. The van der Waals surface area contributed by atoms with Gasteiger partial charge in [0, 0.05) is 23.8 Å². The fraction of sp³-hybridized carbons (Fsp3) is 0.174. The Morgan fingerprint density at radius 2 is 1.54 bits per heavy atom. The van der Waals surface area contributed by atoms with Crippen molar-refractivity contribution in [1.82, 2.24) is 0 Å². The number of nitrogens with one attached hydrogen (secondary N) is 1. The molecule has 1 N–H and O–H groups in total. The van der Waals surface area contributed by atoms with E-state index in [9.17, 15) is 0 Å². The number of hydrogen-bond donors (Lipinski definition) is 1. The molecule has 0 saturated carbocycles. The molecule has 1 aliphatic carbocycles. The SMILES string of the molecule is N=C1C=CC(=C(c2ccc(N3CCCC3)cc2)c2cccc(Cl)c2)C=C1. The number of benzene rings is 2. The summed E-state index contributed by atoms with van der Waals surface area (Å²) in [5.74, 6) is 0. The Balaban J connectivity index is 1.78. The third kappa shape index (κ3) is 3.51. The first-order chi connectivity index (χ1) is 12.7. The highest BCUT2D eigenvalue weighted by Crippen LogP contribution is 2.32. The highest BCUT2D eigenvalue weighted by Gasteiger charge is 2.14. The van der Waals surface area contributed by atoms with Gasteiger partial charge in [-0.25, -0.2) is 0 Å². The van der Waals surface area contributed by atoms with Crippen LogP contribution in [-0.4, -0.2) is 18.8 Å². The van der Waals surface area contributed by atoms with Crippen molar-refractivity contribution in [2.45, 2.75) is 12.8 Å². The van der Waals surface area contributed by atoms with Gasteiger partial charge >= 0.3 is 0 Å². The summed E-state index contributed by atoms with van der Waals surface area (Å²) in [6.07, 6.45) is 10.2. The average molecular weight is 361 g/mol. The van der Waals surface area contributed by atoms with Crippen molar-refractivity contribution in [1.29, 1.82) is 5.41 Å². The molecule has 0 radical (unpaired) electrons. The van der Waals surface area contributed by atoms with Crippen molar-refractivity contribution < 1.29 is 0 Å². The molecule has 0 bridgehead atoms. The van der Waals surface area contributed by atoms with Gasteiger partial charge in [0.05, 0.1) is 5.71 Å². The van der Waals surface area contributed by atoms with E-state index in [-0.39, 0.29) is 0 Å². The second kappa shape index (κ2) is 7.35. The molecule has 0 spiro atoms. The molecule has 0 unspecified atom stereocenters. The normalized spacial score (nSPS) is 16.4. The third-order valence-corrected chi connectivity index (χ3v) is 5.15. The molecule has 2 aliphatic rings. The Morgan fingerprint density at radius 1 is 0.846 bits per heavy atom. The van der Waals surface area contributed by atoms with Crippen LogP contribution in [-0.2, 0) is 0 Å². The summed E-state index contributed by atoms with van der Waals surface area (Å²) < 4.78 is 0. The predicted molar refractivity (Wildman–Crippen MR) is 111 cm³/mol. The quantitative estimate of drug-likeness (QED) is 0.726. The second-order valence-corrected chi connectivity index (χ2v) is 7.14. The molecule has 0 atom stereocenters. The highest BCUT2D eigenvalue weighted by atomic mass is 35.5. The van der Waals surface area contributed by atoms with Crippen molar-refractivity contribution in [2.24, 2.45) is 0 Å². The topological polar surface area (TPSA) is 27.1 Å². The van der Waals surface area contributed by atoms with E-state index in [1.807, 2.05) is 42.5 Å². The molecule has 0 aromatic heterocycles. The molecule has 1 saturated heterocycles. The van der Waals surface area contributed by atoms with E-state index < -0.39 is 0 Å². The van der Waals surface area contributed by atoms with Gasteiger partial charge in [-0.3, -0.25) is 0 Å². The standard InChI is InChI=1S/C23H21ClN2/c24-20-5-3-4-19(16-20)23(17-6-10-21(25)11-7-17)18-8-12-22(13-9-18)26-14-1-2-15-26/h3-13,16,25H,1-2,14-15H2. The van der Waals surface area contributed by atoms with E-state index in [4.69, 9.17) is 17.0 Å². The van der Waals surface area contributed by atoms with Gasteiger partial charge in [-0.1, -0.05) is 48.0 Å². The molecule has 4 rings (SSSR count). The molecule has 1 heterocycles. The van der Waals surface area contributed by atoms with Gasteiger partial charge in [0.1, 0.15) is 0 Å². The van der Waals surface area contributed by atoms with Crippen molar-refractivity contribution >= 4 is 28.6 Å². The van der Waals surface area contributed by atoms with Gasteiger partial charge in [-0.05, 0) is 71.5 Å². The first-order valence-corrected chi connectivity index (χ1v) is 9.39. The maximum absolute atomic E-state index is 7.76. The first-order valence-electron chi connectivity index (χ1n) is 9.01. The number of rotatable bonds is 3. The van der Waals surface area contributed by atoms with Crippen LogP contribution in [0.25, 0.3) is 5.57 Å². The number of hydrogen-bond acceptors (Lipinski definition) is 2. The zero-order valence-corrected chi connectivity index (χ0v) is 15.3. The maximum Gasteiger partial charge on any atom is 0.0540 e. The fourth-order valence-corrected chi connectivity index (χ4v) is 3.79. The Labute approximate surface area is 159 Å². The van der Waals surface area contributed by atoms with E-state index in [0.29, 0.717) is 5.71 Å². The number of anilines is 1. The van der Waals surface area contributed by atoms with Gasteiger partial charge in [-0.2, -0.15) is 0 Å².